The van der Waals surface area contributed by atoms with Gasteiger partial charge in [0.2, 0.25) is 5.78 Å². The first kappa shape index (κ1) is 21.1. The minimum absolute atomic E-state index is 0.0282. The van der Waals surface area contributed by atoms with Gasteiger partial charge in [0.15, 0.2) is 11.5 Å². The number of amides is 1. The van der Waals surface area contributed by atoms with Gasteiger partial charge in [-0.25, -0.2) is 4.79 Å². The van der Waals surface area contributed by atoms with Gasteiger partial charge in [0, 0.05) is 6.54 Å². The number of carbonyl (C=O) groups excluding carboxylic acids is 3. The molecule has 0 saturated heterocycles. The normalized spacial score (nSPS) is 15.8. The maximum atomic E-state index is 13.1. The molecule has 1 amide bonds. The third kappa shape index (κ3) is 3.92. The van der Waals surface area contributed by atoms with E-state index in [0.29, 0.717) is 17.5 Å². The first-order chi connectivity index (χ1) is 15.5. The summed E-state index contributed by atoms with van der Waals surface area (Å²) in [5.74, 6) is -2.25. The number of aliphatic hydroxyl groups is 1. The number of rotatable bonds is 7. The monoisotopic (exact) mass is 431 g/mol. The van der Waals surface area contributed by atoms with Gasteiger partial charge >= 0.3 is 5.97 Å². The summed E-state index contributed by atoms with van der Waals surface area (Å²) >= 11 is 0. The van der Waals surface area contributed by atoms with Crippen molar-refractivity contribution in [2.45, 2.75) is 12.5 Å². The molecule has 1 aliphatic rings. The lowest BCUT2D eigenvalue weighted by atomic mass is 9.94. The van der Waals surface area contributed by atoms with Crippen LogP contribution in [0.3, 0.4) is 0 Å². The summed E-state index contributed by atoms with van der Waals surface area (Å²) in [7, 11) is 1.29. The highest BCUT2D eigenvalue weighted by atomic mass is 16.5. The van der Waals surface area contributed by atoms with E-state index in [1.807, 2.05) is 30.3 Å². The predicted molar refractivity (Wildman–Crippen MR) is 115 cm³/mol. The summed E-state index contributed by atoms with van der Waals surface area (Å²) in [5, 5.41) is 10.7. The molecule has 2 aromatic carbocycles. The number of benzene rings is 2. The minimum atomic E-state index is -0.824. The SMILES string of the molecule is COC(=O)c1ccc(C2C(C(=O)c3ccco3)=C(O)C(=O)N2CCc2ccccc2)cc1. The van der Waals surface area contributed by atoms with E-state index in [-0.39, 0.29) is 17.9 Å². The molecule has 1 unspecified atom stereocenters. The number of hydrogen-bond acceptors (Lipinski definition) is 6. The molecule has 32 heavy (non-hydrogen) atoms. The Balaban J connectivity index is 1.71. The molecule has 162 valence electrons. The molecular formula is C25H21NO6. The molecule has 0 spiro atoms. The van der Waals surface area contributed by atoms with E-state index in [1.54, 1.807) is 30.3 Å². The van der Waals surface area contributed by atoms with Crippen LogP contribution in [0.4, 0.5) is 0 Å². The zero-order chi connectivity index (χ0) is 22.7. The summed E-state index contributed by atoms with van der Waals surface area (Å²) < 4.78 is 9.95. The van der Waals surface area contributed by atoms with Crippen LogP contribution in [-0.4, -0.2) is 41.3 Å². The van der Waals surface area contributed by atoms with Crippen LogP contribution in [0.1, 0.15) is 38.1 Å². The van der Waals surface area contributed by atoms with Gasteiger partial charge in [-0.3, -0.25) is 9.59 Å². The van der Waals surface area contributed by atoms with Crippen molar-refractivity contribution < 1.29 is 28.6 Å². The van der Waals surface area contributed by atoms with E-state index < -0.39 is 29.5 Å². The van der Waals surface area contributed by atoms with Crippen LogP contribution in [0.15, 0.2) is 88.7 Å². The minimum Gasteiger partial charge on any atom is -0.503 e. The molecular weight excluding hydrogens is 410 g/mol. The predicted octanol–water partition coefficient (Wildman–Crippen LogP) is 3.89. The average Bonchev–Trinajstić information content (AvgIpc) is 3.45. The molecule has 7 nitrogen and oxygen atoms in total. The van der Waals surface area contributed by atoms with E-state index in [1.165, 1.54) is 24.3 Å². The van der Waals surface area contributed by atoms with Crippen molar-refractivity contribution >= 4 is 17.7 Å². The van der Waals surface area contributed by atoms with Crippen molar-refractivity contribution in [1.82, 2.24) is 4.90 Å². The van der Waals surface area contributed by atoms with Gasteiger partial charge in [0.25, 0.3) is 5.91 Å². The zero-order valence-electron chi connectivity index (χ0n) is 17.4. The number of ketones is 1. The fourth-order valence-electron chi connectivity index (χ4n) is 3.82. The molecule has 4 rings (SSSR count). The number of ether oxygens (including phenoxy) is 1. The number of methoxy groups -OCH3 is 1. The van der Waals surface area contributed by atoms with Crippen molar-refractivity contribution in [1.29, 1.82) is 0 Å². The largest absolute Gasteiger partial charge is 0.503 e. The molecule has 0 radical (unpaired) electrons. The Kier molecular flexibility index (Phi) is 5.89. The highest BCUT2D eigenvalue weighted by Crippen LogP contribution is 2.39. The first-order valence-corrected chi connectivity index (χ1v) is 10.1. The molecule has 0 saturated carbocycles. The van der Waals surface area contributed by atoms with Crippen LogP contribution < -0.4 is 0 Å². The van der Waals surface area contributed by atoms with E-state index in [2.05, 4.69) is 0 Å². The van der Waals surface area contributed by atoms with E-state index in [9.17, 15) is 19.5 Å². The van der Waals surface area contributed by atoms with Gasteiger partial charge in [-0.05, 0) is 41.8 Å². The highest BCUT2D eigenvalue weighted by molar-refractivity contribution is 6.15. The summed E-state index contributed by atoms with van der Waals surface area (Å²) in [4.78, 5) is 39.4. The fraction of sp³-hybridized carbons (Fsp3) is 0.160. The van der Waals surface area contributed by atoms with Gasteiger partial charge in [0.05, 0.1) is 30.6 Å². The smallest absolute Gasteiger partial charge is 0.337 e. The lowest BCUT2D eigenvalue weighted by Crippen LogP contribution is -2.33. The lowest BCUT2D eigenvalue weighted by Gasteiger charge is -2.27. The summed E-state index contributed by atoms with van der Waals surface area (Å²) in [6, 6.07) is 18.3. The van der Waals surface area contributed by atoms with Crippen molar-refractivity contribution in [2.75, 3.05) is 13.7 Å². The Hall–Kier alpha value is -4.13. The third-order valence-corrected chi connectivity index (χ3v) is 5.42. The number of carbonyl (C=O) groups is 3. The summed E-state index contributed by atoms with van der Waals surface area (Å²) in [6.07, 6.45) is 1.90. The van der Waals surface area contributed by atoms with Crippen LogP contribution in [0, 0.1) is 0 Å². The van der Waals surface area contributed by atoms with Crippen molar-refractivity contribution in [3.8, 4) is 0 Å². The van der Waals surface area contributed by atoms with Gasteiger partial charge in [-0.15, -0.1) is 0 Å². The Bertz CT molecular complexity index is 1160. The van der Waals surface area contributed by atoms with Crippen molar-refractivity contribution in [3.05, 3.63) is 107 Å². The van der Waals surface area contributed by atoms with Crippen LogP contribution in [0.2, 0.25) is 0 Å². The van der Waals surface area contributed by atoms with Crippen LogP contribution in [0.5, 0.6) is 0 Å². The van der Waals surface area contributed by atoms with Gasteiger partial charge < -0.3 is 19.2 Å². The molecule has 1 N–H and O–H groups in total. The number of nitrogens with zero attached hydrogens (tertiary/aromatic N) is 1. The van der Waals surface area contributed by atoms with Gasteiger partial charge in [0.1, 0.15) is 0 Å². The second-order valence-electron chi connectivity index (χ2n) is 7.32. The number of hydrogen-bond donors (Lipinski definition) is 1. The first-order valence-electron chi connectivity index (χ1n) is 10.1. The number of furan rings is 1. The number of aliphatic hydroxyl groups excluding tert-OH is 1. The van der Waals surface area contributed by atoms with E-state index in [0.717, 1.165) is 5.56 Å². The molecule has 0 bridgehead atoms. The summed E-state index contributed by atoms with van der Waals surface area (Å²) in [6.45, 7) is 0.283. The average molecular weight is 431 g/mol. The Labute approximate surface area is 184 Å². The molecule has 3 aromatic rings. The molecule has 0 fully saturated rings. The van der Waals surface area contributed by atoms with Crippen LogP contribution in [-0.2, 0) is 16.0 Å². The Morgan fingerprint density at radius 2 is 1.75 bits per heavy atom. The lowest BCUT2D eigenvalue weighted by molar-refractivity contribution is -0.129. The topological polar surface area (TPSA) is 97.0 Å². The van der Waals surface area contributed by atoms with E-state index in [4.69, 9.17) is 9.15 Å². The molecule has 7 heteroatoms. The van der Waals surface area contributed by atoms with Gasteiger partial charge in [-0.1, -0.05) is 42.5 Å². The maximum absolute atomic E-state index is 13.1. The second-order valence-corrected chi connectivity index (χ2v) is 7.32. The Morgan fingerprint density at radius 1 is 1.03 bits per heavy atom. The Morgan fingerprint density at radius 3 is 2.38 bits per heavy atom. The van der Waals surface area contributed by atoms with Gasteiger partial charge in [-0.2, -0.15) is 0 Å². The molecule has 0 aliphatic carbocycles. The quantitative estimate of drug-likeness (QED) is 0.450. The maximum Gasteiger partial charge on any atom is 0.337 e. The molecule has 1 aliphatic heterocycles. The number of Topliss-reactive ketones (excluding diaryl/α,β-unsaturated/α-hetero) is 1. The fourth-order valence-corrected chi connectivity index (χ4v) is 3.82. The zero-order valence-corrected chi connectivity index (χ0v) is 17.4. The number of esters is 1. The van der Waals surface area contributed by atoms with E-state index >= 15 is 0 Å². The molecule has 1 atom stereocenters. The standard InChI is InChI=1S/C25H21NO6/c1-31-25(30)18-11-9-17(10-12-18)21-20(22(27)19-8-5-15-32-19)23(28)24(29)26(21)14-13-16-6-3-2-4-7-16/h2-12,15,21,28H,13-14H2,1H3. The second kappa shape index (κ2) is 8.93. The van der Waals surface area contributed by atoms with Crippen LogP contribution >= 0.6 is 0 Å². The highest BCUT2D eigenvalue weighted by Gasteiger charge is 2.44. The van der Waals surface area contributed by atoms with Crippen molar-refractivity contribution in [3.63, 3.8) is 0 Å². The molecule has 2 heterocycles. The third-order valence-electron chi connectivity index (χ3n) is 5.42. The van der Waals surface area contributed by atoms with Crippen LogP contribution in [0.25, 0.3) is 0 Å². The summed E-state index contributed by atoms with van der Waals surface area (Å²) in [5.41, 5.74) is 1.88. The van der Waals surface area contributed by atoms with Crippen molar-refractivity contribution in [2.24, 2.45) is 0 Å². The molecule has 1 aromatic heterocycles.